The lowest BCUT2D eigenvalue weighted by Gasteiger charge is -2.33. The van der Waals surface area contributed by atoms with Gasteiger partial charge in [0.2, 0.25) is 0 Å². The summed E-state index contributed by atoms with van der Waals surface area (Å²) in [4.78, 5) is 26.5. The molecule has 2 aromatic carbocycles. The van der Waals surface area contributed by atoms with Crippen LogP contribution in [0.25, 0.3) is 0 Å². The number of carbonyl (C=O) groups is 2. The molecule has 1 atom stereocenters. The first-order valence-corrected chi connectivity index (χ1v) is 10.1. The van der Waals surface area contributed by atoms with Gasteiger partial charge in [0.15, 0.2) is 6.10 Å². The fourth-order valence-corrected chi connectivity index (χ4v) is 3.62. The zero-order valence-corrected chi connectivity index (χ0v) is 17.3. The third-order valence-electron chi connectivity index (χ3n) is 4.80. The van der Waals surface area contributed by atoms with Crippen molar-refractivity contribution in [2.45, 2.75) is 31.9 Å². The number of rotatable bonds is 5. The van der Waals surface area contributed by atoms with Crippen molar-refractivity contribution in [1.82, 2.24) is 10.2 Å². The highest BCUT2D eigenvalue weighted by Crippen LogP contribution is 2.28. The molecule has 1 fully saturated rings. The van der Waals surface area contributed by atoms with Crippen LogP contribution in [0.2, 0.25) is 10.0 Å². The Morgan fingerprint density at radius 2 is 1.86 bits per heavy atom. The van der Waals surface area contributed by atoms with E-state index in [-0.39, 0.29) is 23.4 Å². The van der Waals surface area contributed by atoms with Gasteiger partial charge in [0, 0.05) is 24.2 Å². The maximum Gasteiger partial charge on any atom is 0.260 e. The first-order valence-electron chi connectivity index (χ1n) is 9.31. The topological polar surface area (TPSA) is 58.6 Å². The van der Waals surface area contributed by atoms with E-state index in [0.717, 1.165) is 0 Å². The van der Waals surface area contributed by atoms with E-state index in [4.69, 9.17) is 27.9 Å². The van der Waals surface area contributed by atoms with Crippen molar-refractivity contribution >= 4 is 35.0 Å². The lowest BCUT2D eigenvalue weighted by Crippen LogP contribution is -2.49. The van der Waals surface area contributed by atoms with Crippen LogP contribution in [0, 0.1) is 5.82 Å². The van der Waals surface area contributed by atoms with Crippen LogP contribution in [-0.2, 0) is 4.79 Å². The second-order valence-electron chi connectivity index (χ2n) is 6.89. The number of likely N-dealkylation sites (tertiary alicyclic amines) is 1. The fraction of sp³-hybridized carbons (Fsp3) is 0.333. The molecular weight excluding hydrogens is 418 g/mol. The van der Waals surface area contributed by atoms with Crippen LogP contribution in [0.4, 0.5) is 4.39 Å². The average Bonchev–Trinajstić information content (AvgIpc) is 2.70. The van der Waals surface area contributed by atoms with Gasteiger partial charge >= 0.3 is 0 Å². The summed E-state index contributed by atoms with van der Waals surface area (Å²) in [6.45, 7) is 2.52. The van der Waals surface area contributed by atoms with Crippen molar-refractivity contribution in [2.75, 3.05) is 13.1 Å². The van der Waals surface area contributed by atoms with Crippen molar-refractivity contribution in [1.29, 1.82) is 0 Å². The van der Waals surface area contributed by atoms with Crippen LogP contribution in [-0.4, -0.2) is 41.9 Å². The van der Waals surface area contributed by atoms with E-state index < -0.39 is 11.9 Å². The summed E-state index contributed by atoms with van der Waals surface area (Å²) in [5.41, 5.74) is 0.0665. The summed E-state index contributed by atoms with van der Waals surface area (Å²) < 4.78 is 19.5. The molecular formula is C21H21Cl2FN2O3. The lowest BCUT2D eigenvalue weighted by atomic mass is 10.0. The van der Waals surface area contributed by atoms with Gasteiger partial charge in [-0.05, 0) is 50.1 Å². The molecule has 0 radical (unpaired) electrons. The zero-order chi connectivity index (χ0) is 21.0. The average molecular weight is 439 g/mol. The Kier molecular flexibility index (Phi) is 6.98. The van der Waals surface area contributed by atoms with Crippen LogP contribution in [0.3, 0.4) is 0 Å². The van der Waals surface area contributed by atoms with Crippen LogP contribution < -0.4 is 10.1 Å². The predicted octanol–water partition coefficient (Wildman–Crippen LogP) is 4.32. The van der Waals surface area contributed by atoms with Crippen LogP contribution in [0.5, 0.6) is 5.75 Å². The predicted molar refractivity (Wildman–Crippen MR) is 110 cm³/mol. The molecule has 0 bridgehead atoms. The second kappa shape index (κ2) is 9.46. The first-order chi connectivity index (χ1) is 13.8. The van der Waals surface area contributed by atoms with Gasteiger partial charge in [0.1, 0.15) is 11.6 Å². The van der Waals surface area contributed by atoms with Crippen LogP contribution >= 0.6 is 23.2 Å². The quantitative estimate of drug-likeness (QED) is 0.755. The Balaban J connectivity index is 1.50. The molecule has 0 spiro atoms. The Labute approximate surface area is 178 Å². The maximum atomic E-state index is 13.8. The minimum Gasteiger partial charge on any atom is -0.479 e. The molecule has 1 aliphatic rings. The Morgan fingerprint density at radius 1 is 1.17 bits per heavy atom. The zero-order valence-electron chi connectivity index (χ0n) is 15.8. The first kappa shape index (κ1) is 21.4. The number of ether oxygens (including phenoxy) is 1. The smallest absolute Gasteiger partial charge is 0.260 e. The summed E-state index contributed by atoms with van der Waals surface area (Å²) in [7, 11) is 0. The Morgan fingerprint density at radius 3 is 2.52 bits per heavy atom. The highest BCUT2D eigenvalue weighted by molar-refractivity contribution is 6.35. The molecule has 1 N–H and O–H groups in total. The monoisotopic (exact) mass is 438 g/mol. The summed E-state index contributed by atoms with van der Waals surface area (Å²) in [5, 5.41) is 3.75. The summed E-state index contributed by atoms with van der Waals surface area (Å²) in [6, 6.07) is 10.6. The molecule has 2 amide bonds. The lowest BCUT2D eigenvalue weighted by molar-refractivity contribution is -0.128. The minimum absolute atomic E-state index is 0.0665. The number of piperidine rings is 1. The third kappa shape index (κ3) is 5.40. The SMILES string of the molecule is CC(Oc1ccc(Cl)cc1Cl)C(=O)NC1CCN(C(=O)c2ccccc2F)CC1. The second-order valence-corrected chi connectivity index (χ2v) is 7.73. The van der Waals surface area contributed by atoms with Gasteiger partial charge in [-0.1, -0.05) is 35.3 Å². The van der Waals surface area contributed by atoms with Crippen LogP contribution in [0.15, 0.2) is 42.5 Å². The molecule has 29 heavy (non-hydrogen) atoms. The van der Waals surface area contributed by atoms with E-state index in [9.17, 15) is 14.0 Å². The molecule has 8 heteroatoms. The molecule has 2 aromatic rings. The summed E-state index contributed by atoms with van der Waals surface area (Å²) in [5.74, 6) is -0.749. The van der Waals surface area contributed by atoms with Gasteiger partial charge in [-0.25, -0.2) is 4.39 Å². The standard InChI is InChI=1S/C21H21Cl2FN2O3/c1-13(29-19-7-6-14(22)12-17(19)23)20(27)25-15-8-10-26(11-9-15)21(28)16-4-2-3-5-18(16)24/h2-7,12-13,15H,8-11H2,1H3,(H,25,27). The molecule has 5 nitrogen and oxygen atoms in total. The van der Waals surface area contributed by atoms with Crippen LogP contribution in [0.1, 0.15) is 30.1 Å². The number of amides is 2. The third-order valence-corrected chi connectivity index (χ3v) is 5.33. The van der Waals surface area contributed by atoms with E-state index in [0.29, 0.717) is 41.7 Å². The van der Waals surface area contributed by atoms with Gasteiger partial charge in [0.25, 0.3) is 11.8 Å². The highest BCUT2D eigenvalue weighted by Gasteiger charge is 2.27. The van der Waals surface area contributed by atoms with E-state index >= 15 is 0 Å². The molecule has 1 heterocycles. The van der Waals surface area contributed by atoms with Crippen molar-refractivity contribution < 1.29 is 18.7 Å². The molecule has 1 aliphatic heterocycles. The van der Waals surface area contributed by atoms with Gasteiger partial charge in [-0.2, -0.15) is 0 Å². The van der Waals surface area contributed by atoms with Gasteiger partial charge in [-0.3, -0.25) is 9.59 Å². The number of benzene rings is 2. The molecule has 1 saturated heterocycles. The van der Waals surface area contributed by atoms with E-state index in [2.05, 4.69) is 5.32 Å². The van der Waals surface area contributed by atoms with E-state index in [1.165, 1.54) is 12.1 Å². The maximum absolute atomic E-state index is 13.8. The minimum atomic E-state index is -0.744. The van der Waals surface area contributed by atoms with E-state index in [1.54, 1.807) is 42.2 Å². The highest BCUT2D eigenvalue weighted by atomic mass is 35.5. The Bertz CT molecular complexity index is 901. The number of hydrogen-bond donors (Lipinski definition) is 1. The number of halogens is 3. The molecule has 0 saturated carbocycles. The van der Waals surface area contributed by atoms with Crippen molar-refractivity contribution in [2.24, 2.45) is 0 Å². The number of nitrogens with one attached hydrogen (secondary N) is 1. The van der Waals surface area contributed by atoms with Crippen molar-refractivity contribution in [3.8, 4) is 5.75 Å². The fourth-order valence-electron chi connectivity index (χ4n) is 3.17. The summed E-state index contributed by atoms with van der Waals surface area (Å²) in [6.07, 6.45) is 0.424. The van der Waals surface area contributed by atoms with Gasteiger partial charge in [0.05, 0.1) is 10.6 Å². The van der Waals surface area contributed by atoms with E-state index in [1.807, 2.05) is 0 Å². The molecule has 3 rings (SSSR count). The van der Waals surface area contributed by atoms with Crippen molar-refractivity contribution in [3.05, 3.63) is 63.9 Å². The number of nitrogens with zero attached hydrogens (tertiary/aromatic N) is 1. The summed E-state index contributed by atoms with van der Waals surface area (Å²) >= 11 is 11.9. The molecule has 154 valence electrons. The normalized spacial score (nSPS) is 15.7. The van der Waals surface area contributed by atoms with Crippen molar-refractivity contribution in [3.63, 3.8) is 0 Å². The Hall–Kier alpha value is -2.31. The molecule has 0 aromatic heterocycles. The number of hydrogen-bond acceptors (Lipinski definition) is 3. The van der Waals surface area contributed by atoms with Gasteiger partial charge in [-0.15, -0.1) is 0 Å². The molecule has 1 unspecified atom stereocenters. The molecule has 0 aliphatic carbocycles. The van der Waals surface area contributed by atoms with Gasteiger partial charge < -0.3 is 15.0 Å². The number of carbonyl (C=O) groups excluding carboxylic acids is 2. The largest absolute Gasteiger partial charge is 0.479 e.